The molecule has 0 heterocycles. The number of amides is 1. The first-order valence-corrected chi connectivity index (χ1v) is 6.61. The van der Waals surface area contributed by atoms with E-state index in [2.05, 4.69) is 21.2 Å². The van der Waals surface area contributed by atoms with Crippen molar-refractivity contribution in [2.75, 3.05) is 6.54 Å². The molecule has 1 aromatic rings. The van der Waals surface area contributed by atoms with E-state index in [9.17, 15) is 9.18 Å². The molecule has 0 aliphatic heterocycles. The number of carbonyl (C=O) groups is 1. The summed E-state index contributed by atoms with van der Waals surface area (Å²) in [6.45, 7) is 3.79. The lowest BCUT2D eigenvalue weighted by Crippen LogP contribution is -2.49. The van der Waals surface area contributed by atoms with E-state index in [1.807, 2.05) is 0 Å². The number of benzene rings is 1. The SMILES string of the molecule is CC(C)(N)C(=O)NCCCc1ccc(Br)cc1F. The van der Waals surface area contributed by atoms with E-state index in [4.69, 9.17) is 5.73 Å². The summed E-state index contributed by atoms with van der Waals surface area (Å²) in [6.07, 6.45) is 1.27. The Morgan fingerprint density at radius 1 is 1.50 bits per heavy atom. The lowest BCUT2D eigenvalue weighted by molar-refractivity contribution is -0.125. The molecule has 0 spiro atoms. The first kappa shape index (κ1) is 15.1. The van der Waals surface area contributed by atoms with E-state index < -0.39 is 5.54 Å². The summed E-state index contributed by atoms with van der Waals surface area (Å²) in [5.41, 5.74) is 5.42. The molecule has 0 saturated heterocycles. The summed E-state index contributed by atoms with van der Waals surface area (Å²) in [7, 11) is 0. The Morgan fingerprint density at radius 2 is 2.17 bits per heavy atom. The molecule has 0 atom stereocenters. The molecule has 0 fully saturated rings. The second kappa shape index (κ2) is 6.29. The average molecular weight is 317 g/mol. The van der Waals surface area contributed by atoms with Gasteiger partial charge in [0.25, 0.3) is 0 Å². The van der Waals surface area contributed by atoms with Crippen LogP contribution in [0, 0.1) is 5.82 Å². The zero-order chi connectivity index (χ0) is 13.8. The van der Waals surface area contributed by atoms with Gasteiger partial charge in [0.05, 0.1) is 5.54 Å². The highest BCUT2D eigenvalue weighted by atomic mass is 79.9. The molecule has 1 aromatic carbocycles. The maximum atomic E-state index is 13.5. The number of halogens is 2. The van der Waals surface area contributed by atoms with Gasteiger partial charge in [-0.3, -0.25) is 4.79 Å². The first-order valence-electron chi connectivity index (χ1n) is 5.82. The molecule has 5 heteroatoms. The van der Waals surface area contributed by atoms with Crippen LogP contribution in [0.25, 0.3) is 0 Å². The number of hydrogen-bond acceptors (Lipinski definition) is 2. The highest BCUT2D eigenvalue weighted by molar-refractivity contribution is 9.10. The minimum atomic E-state index is -0.872. The van der Waals surface area contributed by atoms with Gasteiger partial charge in [0.2, 0.25) is 5.91 Å². The maximum absolute atomic E-state index is 13.5. The van der Waals surface area contributed by atoms with Crippen molar-refractivity contribution in [3.05, 3.63) is 34.1 Å². The van der Waals surface area contributed by atoms with Crippen LogP contribution < -0.4 is 11.1 Å². The summed E-state index contributed by atoms with van der Waals surface area (Å²) in [6, 6.07) is 4.99. The van der Waals surface area contributed by atoms with Gasteiger partial charge in [-0.2, -0.15) is 0 Å². The zero-order valence-corrected chi connectivity index (χ0v) is 12.2. The normalized spacial score (nSPS) is 11.4. The molecule has 0 unspecified atom stereocenters. The van der Waals surface area contributed by atoms with Gasteiger partial charge in [0.15, 0.2) is 0 Å². The van der Waals surface area contributed by atoms with Gasteiger partial charge in [-0.05, 0) is 44.4 Å². The molecule has 0 aliphatic carbocycles. The first-order chi connectivity index (χ1) is 8.30. The van der Waals surface area contributed by atoms with Gasteiger partial charge in [0.1, 0.15) is 5.82 Å². The average Bonchev–Trinajstić information content (AvgIpc) is 2.25. The molecule has 0 bridgehead atoms. The molecule has 0 saturated carbocycles. The number of nitrogens with two attached hydrogens (primary N) is 1. The molecule has 100 valence electrons. The number of hydrogen-bond donors (Lipinski definition) is 2. The second-order valence-corrected chi connectivity index (χ2v) is 5.73. The fraction of sp³-hybridized carbons (Fsp3) is 0.462. The van der Waals surface area contributed by atoms with Gasteiger partial charge < -0.3 is 11.1 Å². The fourth-order valence-electron chi connectivity index (χ4n) is 1.43. The van der Waals surface area contributed by atoms with Gasteiger partial charge in [-0.25, -0.2) is 4.39 Å². The molecule has 18 heavy (non-hydrogen) atoms. The zero-order valence-electron chi connectivity index (χ0n) is 10.6. The van der Waals surface area contributed by atoms with Crippen LogP contribution in [0.15, 0.2) is 22.7 Å². The minimum Gasteiger partial charge on any atom is -0.355 e. The Balaban J connectivity index is 2.36. The van der Waals surface area contributed by atoms with E-state index in [0.717, 1.165) is 4.47 Å². The number of rotatable bonds is 5. The quantitative estimate of drug-likeness (QED) is 0.819. The minimum absolute atomic E-state index is 0.196. The lowest BCUT2D eigenvalue weighted by Gasteiger charge is -2.17. The van der Waals surface area contributed by atoms with Crippen molar-refractivity contribution >= 4 is 21.8 Å². The second-order valence-electron chi connectivity index (χ2n) is 4.82. The van der Waals surface area contributed by atoms with Gasteiger partial charge >= 0.3 is 0 Å². The molecule has 0 radical (unpaired) electrons. The summed E-state index contributed by atoms with van der Waals surface area (Å²) in [5.74, 6) is -0.423. The fourth-order valence-corrected chi connectivity index (χ4v) is 1.77. The van der Waals surface area contributed by atoms with Gasteiger partial charge in [0, 0.05) is 11.0 Å². The van der Waals surface area contributed by atoms with Crippen molar-refractivity contribution in [3.63, 3.8) is 0 Å². The Bertz CT molecular complexity index is 429. The number of nitrogens with one attached hydrogen (secondary N) is 1. The largest absolute Gasteiger partial charge is 0.355 e. The molecular formula is C13H18BrFN2O. The van der Waals surface area contributed by atoms with Crippen molar-refractivity contribution in [2.45, 2.75) is 32.2 Å². The summed E-state index contributed by atoms with van der Waals surface area (Å²) >= 11 is 3.21. The van der Waals surface area contributed by atoms with Crippen molar-refractivity contribution in [1.29, 1.82) is 0 Å². The van der Waals surface area contributed by atoms with Crippen LogP contribution >= 0.6 is 15.9 Å². The van der Waals surface area contributed by atoms with Crippen LogP contribution in [-0.2, 0) is 11.2 Å². The van der Waals surface area contributed by atoms with E-state index in [0.29, 0.717) is 24.9 Å². The molecule has 3 N–H and O–H groups in total. The van der Waals surface area contributed by atoms with Crippen LogP contribution in [0.2, 0.25) is 0 Å². The summed E-state index contributed by atoms with van der Waals surface area (Å²) < 4.78 is 14.2. The van der Waals surface area contributed by atoms with Crippen LogP contribution in [0.1, 0.15) is 25.8 Å². The van der Waals surface area contributed by atoms with E-state index >= 15 is 0 Å². The van der Waals surface area contributed by atoms with Gasteiger partial charge in [-0.1, -0.05) is 22.0 Å². The van der Waals surface area contributed by atoms with Crippen LogP contribution in [0.3, 0.4) is 0 Å². The number of carbonyl (C=O) groups excluding carboxylic acids is 1. The Labute approximate surface area is 115 Å². The topological polar surface area (TPSA) is 55.1 Å². The lowest BCUT2D eigenvalue weighted by atomic mass is 10.1. The van der Waals surface area contributed by atoms with E-state index in [1.54, 1.807) is 26.0 Å². The molecule has 0 aliphatic rings. The maximum Gasteiger partial charge on any atom is 0.239 e. The monoisotopic (exact) mass is 316 g/mol. The van der Waals surface area contributed by atoms with Crippen LogP contribution in [0.4, 0.5) is 4.39 Å². The standard InChI is InChI=1S/C13H18BrFN2O/c1-13(2,16)12(18)17-7-3-4-9-5-6-10(14)8-11(9)15/h5-6,8H,3-4,7,16H2,1-2H3,(H,17,18). The Morgan fingerprint density at radius 3 is 2.72 bits per heavy atom. The van der Waals surface area contributed by atoms with Gasteiger partial charge in [-0.15, -0.1) is 0 Å². The summed E-state index contributed by atoms with van der Waals surface area (Å²) in [5, 5.41) is 2.73. The molecule has 3 nitrogen and oxygen atoms in total. The van der Waals surface area contributed by atoms with Crippen molar-refractivity contribution < 1.29 is 9.18 Å². The Hall–Kier alpha value is -0.940. The highest BCUT2D eigenvalue weighted by Crippen LogP contribution is 2.16. The van der Waals surface area contributed by atoms with Crippen molar-refractivity contribution in [3.8, 4) is 0 Å². The molecular weight excluding hydrogens is 299 g/mol. The smallest absolute Gasteiger partial charge is 0.239 e. The summed E-state index contributed by atoms with van der Waals surface area (Å²) in [4.78, 5) is 11.5. The van der Waals surface area contributed by atoms with E-state index in [1.165, 1.54) is 6.07 Å². The third kappa shape index (κ3) is 4.74. The molecule has 0 aromatic heterocycles. The predicted octanol–water partition coefficient (Wildman–Crippen LogP) is 2.37. The van der Waals surface area contributed by atoms with Crippen LogP contribution in [0.5, 0.6) is 0 Å². The third-order valence-corrected chi connectivity index (χ3v) is 3.00. The van der Waals surface area contributed by atoms with Crippen molar-refractivity contribution in [1.82, 2.24) is 5.32 Å². The molecule has 1 rings (SSSR count). The third-order valence-electron chi connectivity index (χ3n) is 2.51. The Kier molecular flexibility index (Phi) is 5.28. The predicted molar refractivity (Wildman–Crippen MR) is 73.7 cm³/mol. The molecule has 1 amide bonds. The van der Waals surface area contributed by atoms with Crippen LogP contribution in [-0.4, -0.2) is 18.0 Å². The highest BCUT2D eigenvalue weighted by Gasteiger charge is 2.20. The van der Waals surface area contributed by atoms with Crippen molar-refractivity contribution in [2.24, 2.45) is 5.73 Å². The van der Waals surface area contributed by atoms with E-state index in [-0.39, 0.29) is 11.7 Å². The number of aryl methyl sites for hydroxylation is 1.